The average Bonchev–Trinajstić information content (AvgIpc) is 3.35. The van der Waals surface area contributed by atoms with Crippen molar-refractivity contribution in [2.45, 2.75) is 31.8 Å². The number of likely N-dealkylation sites (tertiary alicyclic amines) is 1. The lowest BCUT2D eigenvalue weighted by atomic mass is 9.92. The number of aromatic amines is 1. The van der Waals surface area contributed by atoms with Crippen molar-refractivity contribution in [2.75, 3.05) is 49.6 Å². The molecule has 192 valence electrons. The number of benzene rings is 1. The number of morpholine rings is 1. The molecule has 0 radical (unpaired) electrons. The minimum Gasteiger partial charge on any atom is -0.378 e. The highest BCUT2D eigenvalue weighted by molar-refractivity contribution is 5.92. The Kier molecular flexibility index (Phi) is 6.45. The van der Waals surface area contributed by atoms with Gasteiger partial charge in [-0.1, -0.05) is 12.1 Å². The summed E-state index contributed by atoms with van der Waals surface area (Å²) in [6.45, 7) is 7.87. The number of H-pyrrole nitrogens is 1. The summed E-state index contributed by atoms with van der Waals surface area (Å²) in [4.78, 5) is 26.2. The molecule has 0 spiro atoms. The van der Waals surface area contributed by atoms with Gasteiger partial charge in [0.25, 0.3) is 0 Å². The molecule has 2 fully saturated rings. The van der Waals surface area contributed by atoms with Gasteiger partial charge in [0.2, 0.25) is 0 Å². The van der Waals surface area contributed by atoms with Gasteiger partial charge in [0.1, 0.15) is 23.6 Å². The number of ether oxygens (including phenoxy) is 1. The lowest BCUT2D eigenvalue weighted by Gasteiger charge is -2.37. The highest BCUT2D eigenvalue weighted by atomic mass is 16.5. The summed E-state index contributed by atoms with van der Waals surface area (Å²) in [7, 11) is 0. The molecule has 1 atom stereocenters. The van der Waals surface area contributed by atoms with Gasteiger partial charge < -0.3 is 25.7 Å². The Morgan fingerprint density at radius 1 is 1.03 bits per heavy atom. The number of hydrogen-bond donors (Lipinski definition) is 3. The third kappa shape index (κ3) is 5.41. The van der Waals surface area contributed by atoms with Gasteiger partial charge in [0.15, 0.2) is 0 Å². The minimum atomic E-state index is -0.128. The van der Waals surface area contributed by atoms with Gasteiger partial charge in [-0.2, -0.15) is 0 Å². The summed E-state index contributed by atoms with van der Waals surface area (Å²) in [6, 6.07) is 10.4. The minimum absolute atomic E-state index is 0.128. The molecule has 0 bridgehead atoms. The number of piperidine rings is 1. The molecule has 37 heavy (non-hydrogen) atoms. The molecule has 10 nitrogen and oxygen atoms in total. The van der Waals surface area contributed by atoms with E-state index in [1.165, 1.54) is 0 Å². The highest BCUT2D eigenvalue weighted by Gasteiger charge is 2.27. The molecular weight excluding hydrogens is 466 g/mol. The zero-order valence-corrected chi connectivity index (χ0v) is 21.2. The number of rotatable bonds is 6. The smallest absolute Gasteiger partial charge is 0.143 e. The standard InChI is InChI=1S/C27H33N9O/c1-27(28)7-2-8-35(17-27)16-24-29-14-21(15-30-24)33-20-5-3-19(4-6-20)23-13-22-25(34-23)31-18-32-26(22)36-9-11-37-12-10-36/h3-6,13-15,18,33H,2,7-12,16-17,28H2,1H3,(H,31,32,34)/t27-/m1/s1. The first kappa shape index (κ1) is 23.8. The van der Waals surface area contributed by atoms with Gasteiger partial charge in [-0.15, -0.1) is 0 Å². The van der Waals surface area contributed by atoms with Crippen molar-refractivity contribution >= 4 is 28.2 Å². The van der Waals surface area contributed by atoms with Crippen LogP contribution in [0.2, 0.25) is 0 Å². The van der Waals surface area contributed by atoms with Crippen LogP contribution in [0.5, 0.6) is 0 Å². The van der Waals surface area contributed by atoms with E-state index in [9.17, 15) is 0 Å². The van der Waals surface area contributed by atoms with Crippen molar-refractivity contribution in [1.29, 1.82) is 0 Å². The van der Waals surface area contributed by atoms with E-state index in [2.05, 4.69) is 77.3 Å². The Morgan fingerprint density at radius 3 is 2.57 bits per heavy atom. The van der Waals surface area contributed by atoms with Gasteiger partial charge in [-0.05, 0) is 50.1 Å². The van der Waals surface area contributed by atoms with Crippen molar-refractivity contribution in [1.82, 2.24) is 29.8 Å². The zero-order chi connectivity index (χ0) is 25.2. The zero-order valence-electron chi connectivity index (χ0n) is 21.2. The van der Waals surface area contributed by atoms with Gasteiger partial charge >= 0.3 is 0 Å². The fourth-order valence-electron chi connectivity index (χ4n) is 5.22. The molecule has 1 aromatic carbocycles. The summed E-state index contributed by atoms with van der Waals surface area (Å²) in [5.74, 6) is 1.77. The number of aromatic nitrogens is 5. The molecule has 2 aliphatic heterocycles. The van der Waals surface area contributed by atoms with Gasteiger partial charge in [0, 0.05) is 36.6 Å². The van der Waals surface area contributed by atoms with Crippen LogP contribution in [0.15, 0.2) is 49.1 Å². The molecule has 0 amide bonds. The normalized spacial score (nSPS) is 20.9. The lowest BCUT2D eigenvalue weighted by molar-refractivity contribution is 0.122. The van der Waals surface area contributed by atoms with Crippen molar-refractivity contribution in [3.05, 3.63) is 54.9 Å². The SMILES string of the molecule is C[C@@]1(N)CCCN(Cc2ncc(Nc3ccc(-c4cc5c(N6CCOCC6)ncnc5[nH]4)cc3)cn2)C1. The van der Waals surface area contributed by atoms with Crippen LogP contribution in [0.3, 0.4) is 0 Å². The van der Waals surface area contributed by atoms with Crippen molar-refractivity contribution in [3.63, 3.8) is 0 Å². The molecule has 0 unspecified atom stereocenters. The van der Waals surface area contributed by atoms with E-state index in [0.717, 1.165) is 104 Å². The van der Waals surface area contributed by atoms with E-state index in [4.69, 9.17) is 10.5 Å². The van der Waals surface area contributed by atoms with E-state index < -0.39 is 0 Å². The third-order valence-corrected chi connectivity index (χ3v) is 7.08. The van der Waals surface area contributed by atoms with E-state index in [1.807, 2.05) is 12.4 Å². The van der Waals surface area contributed by atoms with Crippen LogP contribution < -0.4 is 16.0 Å². The number of nitrogens with two attached hydrogens (primary N) is 1. The molecule has 2 aliphatic rings. The van der Waals surface area contributed by atoms with Crippen LogP contribution in [0.25, 0.3) is 22.3 Å². The van der Waals surface area contributed by atoms with Crippen LogP contribution in [-0.2, 0) is 11.3 Å². The number of nitrogens with zero attached hydrogens (tertiary/aromatic N) is 6. The topological polar surface area (TPSA) is 121 Å². The summed E-state index contributed by atoms with van der Waals surface area (Å²) < 4.78 is 5.49. The Balaban J connectivity index is 1.12. The summed E-state index contributed by atoms with van der Waals surface area (Å²) in [6.07, 6.45) is 7.48. The number of nitrogens with one attached hydrogen (secondary N) is 2. The molecule has 0 saturated carbocycles. The van der Waals surface area contributed by atoms with Crippen LogP contribution >= 0.6 is 0 Å². The summed E-state index contributed by atoms with van der Waals surface area (Å²) in [5.41, 5.74) is 11.0. The molecule has 6 rings (SSSR count). The third-order valence-electron chi connectivity index (χ3n) is 7.08. The Bertz CT molecular complexity index is 1340. The van der Waals surface area contributed by atoms with Gasteiger partial charge in [0.05, 0.1) is 43.2 Å². The molecule has 4 aromatic rings. The lowest BCUT2D eigenvalue weighted by Crippen LogP contribution is -2.51. The molecule has 0 aliphatic carbocycles. The highest BCUT2D eigenvalue weighted by Crippen LogP contribution is 2.30. The number of anilines is 3. The molecule has 3 aromatic heterocycles. The fraction of sp³-hybridized carbons (Fsp3) is 0.407. The average molecular weight is 500 g/mol. The number of fused-ring (bicyclic) bond motifs is 1. The summed E-state index contributed by atoms with van der Waals surface area (Å²) in [5, 5.41) is 4.42. The molecule has 4 N–H and O–H groups in total. The Labute approximate surface area is 216 Å². The molecule has 2 saturated heterocycles. The maximum Gasteiger partial charge on any atom is 0.143 e. The second-order valence-corrected chi connectivity index (χ2v) is 10.3. The first-order valence-corrected chi connectivity index (χ1v) is 12.9. The van der Waals surface area contributed by atoms with Crippen LogP contribution in [0.1, 0.15) is 25.6 Å². The van der Waals surface area contributed by atoms with E-state index >= 15 is 0 Å². The Morgan fingerprint density at radius 2 is 1.81 bits per heavy atom. The molecule has 10 heteroatoms. The van der Waals surface area contributed by atoms with E-state index in [-0.39, 0.29) is 5.54 Å². The second kappa shape index (κ2) is 10.0. The second-order valence-electron chi connectivity index (χ2n) is 10.3. The predicted octanol–water partition coefficient (Wildman–Crippen LogP) is 3.31. The van der Waals surface area contributed by atoms with Crippen molar-refractivity contribution in [3.8, 4) is 11.3 Å². The Hall–Kier alpha value is -3.60. The van der Waals surface area contributed by atoms with Crippen LogP contribution in [0, 0.1) is 0 Å². The first-order chi connectivity index (χ1) is 18.0. The van der Waals surface area contributed by atoms with Crippen molar-refractivity contribution < 1.29 is 4.74 Å². The van der Waals surface area contributed by atoms with E-state index in [0.29, 0.717) is 0 Å². The van der Waals surface area contributed by atoms with Gasteiger partial charge in [-0.25, -0.2) is 19.9 Å². The molecule has 5 heterocycles. The van der Waals surface area contributed by atoms with Gasteiger partial charge in [-0.3, -0.25) is 4.90 Å². The predicted molar refractivity (Wildman–Crippen MR) is 145 cm³/mol. The maximum absolute atomic E-state index is 6.33. The number of hydrogen-bond acceptors (Lipinski definition) is 9. The largest absolute Gasteiger partial charge is 0.378 e. The van der Waals surface area contributed by atoms with Crippen LogP contribution in [0.4, 0.5) is 17.2 Å². The monoisotopic (exact) mass is 499 g/mol. The maximum atomic E-state index is 6.33. The van der Waals surface area contributed by atoms with E-state index in [1.54, 1.807) is 6.33 Å². The summed E-state index contributed by atoms with van der Waals surface area (Å²) >= 11 is 0. The first-order valence-electron chi connectivity index (χ1n) is 12.9. The quantitative estimate of drug-likeness (QED) is 0.367. The fourth-order valence-corrected chi connectivity index (χ4v) is 5.22. The van der Waals surface area contributed by atoms with Crippen molar-refractivity contribution in [2.24, 2.45) is 5.73 Å². The molecular formula is C27H33N9O. The van der Waals surface area contributed by atoms with Crippen LogP contribution in [-0.4, -0.2) is 74.8 Å².